The van der Waals surface area contributed by atoms with Crippen LogP contribution in [0.2, 0.25) is 0 Å². The minimum absolute atomic E-state index is 0.0198. The monoisotopic (exact) mass is 422 g/mol. The molecule has 3 N–H and O–H groups in total. The average molecular weight is 423 g/mol. The van der Waals surface area contributed by atoms with Crippen LogP contribution < -0.4 is 0 Å². The van der Waals surface area contributed by atoms with E-state index in [4.69, 9.17) is 9.84 Å². The number of carbonyl (C=O) groups is 1. The van der Waals surface area contributed by atoms with Crippen LogP contribution >= 0.6 is 11.3 Å². The molecule has 5 atom stereocenters. The molecule has 2 rings (SSSR count). The Kier molecular flexibility index (Phi) is 10.1. The van der Waals surface area contributed by atoms with Crippen LogP contribution in [0.4, 0.5) is 0 Å². The molecule has 1 heterocycles. The number of carboxylic acids is 1. The summed E-state index contributed by atoms with van der Waals surface area (Å²) in [6, 6.07) is 2.13. The van der Waals surface area contributed by atoms with Crippen molar-refractivity contribution in [2.24, 2.45) is 11.8 Å². The van der Waals surface area contributed by atoms with E-state index >= 15 is 0 Å². The first kappa shape index (κ1) is 23.8. The predicted molar refractivity (Wildman–Crippen MR) is 116 cm³/mol. The molecule has 1 saturated carbocycles. The molecule has 1 aromatic rings. The molecule has 1 aliphatic carbocycles. The van der Waals surface area contributed by atoms with E-state index in [1.165, 1.54) is 10.4 Å². The van der Waals surface area contributed by atoms with E-state index in [2.05, 4.69) is 18.4 Å². The van der Waals surface area contributed by atoms with Gasteiger partial charge in [-0.1, -0.05) is 24.3 Å². The van der Waals surface area contributed by atoms with E-state index in [0.29, 0.717) is 25.7 Å². The third kappa shape index (κ3) is 7.70. The number of unbranched alkanes of at least 4 members (excludes halogenated alkanes) is 1. The summed E-state index contributed by atoms with van der Waals surface area (Å²) in [4.78, 5) is 11.9. The Labute approximate surface area is 177 Å². The van der Waals surface area contributed by atoms with Crippen molar-refractivity contribution in [3.63, 3.8) is 0 Å². The second-order valence-corrected chi connectivity index (χ2v) is 8.83. The van der Waals surface area contributed by atoms with Crippen molar-refractivity contribution in [2.45, 2.75) is 70.2 Å². The second-order valence-electron chi connectivity index (χ2n) is 7.83. The number of aliphatic carboxylic acids is 1. The van der Waals surface area contributed by atoms with Crippen molar-refractivity contribution >= 4 is 17.3 Å². The molecule has 1 aromatic heterocycles. The van der Waals surface area contributed by atoms with Crippen LogP contribution in [0.5, 0.6) is 0 Å². The van der Waals surface area contributed by atoms with Crippen molar-refractivity contribution in [3.05, 3.63) is 46.2 Å². The van der Waals surface area contributed by atoms with Crippen molar-refractivity contribution in [3.8, 4) is 0 Å². The van der Waals surface area contributed by atoms with Gasteiger partial charge in [0.15, 0.2) is 0 Å². The lowest BCUT2D eigenvalue weighted by Gasteiger charge is -2.20. The molecule has 29 heavy (non-hydrogen) atoms. The van der Waals surface area contributed by atoms with Gasteiger partial charge in [-0.3, -0.25) is 4.79 Å². The van der Waals surface area contributed by atoms with Crippen LogP contribution in [-0.4, -0.2) is 46.7 Å². The first-order valence-electron chi connectivity index (χ1n) is 10.4. The number of hydrogen-bond acceptors (Lipinski definition) is 5. The Bertz CT molecular complexity index is 681. The van der Waals surface area contributed by atoms with Crippen molar-refractivity contribution in [1.82, 2.24) is 0 Å². The summed E-state index contributed by atoms with van der Waals surface area (Å²) in [5.74, 6) is -0.913. The molecule has 1 fully saturated rings. The highest BCUT2D eigenvalue weighted by atomic mass is 32.1. The van der Waals surface area contributed by atoms with Crippen LogP contribution in [0.25, 0.3) is 0 Å². The number of carboxylic acid groups (broad SMARTS) is 1. The van der Waals surface area contributed by atoms with Gasteiger partial charge in [0.05, 0.1) is 18.3 Å². The third-order valence-corrected chi connectivity index (χ3v) is 6.81. The van der Waals surface area contributed by atoms with Crippen LogP contribution in [-0.2, 0) is 16.0 Å². The fourth-order valence-corrected chi connectivity index (χ4v) is 4.85. The number of methoxy groups -OCH3 is 1. The highest BCUT2D eigenvalue weighted by Crippen LogP contribution is 2.36. The molecule has 0 bridgehead atoms. The van der Waals surface area contributed by atoms with Gasteiger partial charge in [0.2, 0.25) is 0 Å². The molecule has 0 saturated heterocycles. The van der Waals surface area contributed by atoms with E-state index in [1.54, 1.807) is 18.4 Å². The molecule has 0 amide bonds. The molecule has 3 unspecified atom stereocenters. The number of thiophene rings is 1. The maximum absolute atomic E-state index is 10.5. The van der Waals surface area contributed by atoms with Crippen LogP contribution in [0.1, 0.15) is 49.0 Å². The zero-order chi connectivity index (χ0) is 21.2. The van der Waals surface area contributed by atoms with Gasteiger partial charge in [0.1, 0.15) is 0 Å². The molecular formula is C23H34O5S. The van der Waals surface area contributed by atoms with Gasteiger partial charge in [-0.15, -0.1) is 11.3 Å². The molecule has 0 spiro atoms. The summed E-state index contributed by atoms with van der Waals surface area (Å²) in [7, 11) is 1.70. The maximum Gasteiger partial charge on any atom is 0.303 e. The zero-order valence-corrected chi connectivity index (χ0v) is 18.2. The molecule has 162 valence electrons. The van der Waals surface area contributed by atoms with Crippen LogP contribution in [0, 0.1) is 18.8 Å². The van der Waals surface area contributed by atoms with Gasteiger partial charge in [0.25, 0.3) is 0 Å². The topological polar surface area (TPSA) is 87.0 Å². The minimum Gasteiger partial charge on any atom is -0.481 e. The zero-order valence-electron chi connectivity index (χ0n) is 17.4. The Morgan fingerprint density at radius 2 is 2.14 bits per heavy atom. The molecule has 5 nitrogen and oxygen atoms in total. The fourth-order valence-electron chi connectivity index (χ4n) is 3.93. The van der Waals surface area contributed by atoms with Crippen molar-refractivity contribution < 1.29 is 24.9 Å². The normalized spacial score (nSPS) is 25.9. The van der Waals surface area contributed by atoms with Crippen molar-refractivity contribution in [1.29, 1.82) is 0 Å². The van der Waals surface area contributed by atoms with E-state index in [9.17, 15) is 15.0 Å². The summed E-state index contributed by atoms with van der Waals surface area (Å²) >= 11 is 1.77. The SMILES string of the molecule is COC(C=C[C@H]1C(O)CC(O)[C@@H]1CC=CCCCC(=O)O)CCc1sccc1C. The lowest BCUT2D eigenvalue weighted by atomic mass is 9.89. The summed E-state index contributed by atoms with van der Waals surface area (Å²) in [5, 5.41) is 31.5. The summed E-state index contributed by atoms with van der Waals surface area (Å²) in [5.41, 5.74) is 1.32. The van der Waals surface area contributed by atoms with Gasteiger partial charge < -0.3 is 20.1 Å². The first-order valence-corrected chi connectivity index (χ1v) is 11.3. The fraction of sp³-hybridized carbons (Fsp3) is 0.609. The minimum atomic E-state index is -0.778. The Morgan fingerprint density at radius 1 is 1.34 bits per heavy atom. The van der Waals surface area contributed by atoms with Crippen LogP contribution in [0.15, 0.2) is 35.8 Å². The molecule has 1 aliphatic rings. The predicted octanol–water partition coefficient (Wildman–Crippen LogP) is 4.12. The quantitative estimate of drug-likeness (QED) is 0.348. The molecule has 0 aliphatic heterocycles. The number of aliphatic hydroxyl groups excluding tert-OH is 2. The Balaban J connectivity index is 1.88. The van der Waals surface area contributed by atoms with Crippen LogP contribution in [0.3, 0.4) is 0 Å². The summed E-state index contributed by atoms with van der Waals surface area (Å²) in [6.07, 6.45) is 11.3. The number of ether oxygens (including phenoxy) is 1. The number of allylic oxidation sites excluding steroid dienone is 2. The summed E-state index contributed by atoms with van der Waals surface area (Å²) < 4.78 is 5.60. The largest absolute Gasteiger partial charge is 0.481 e. The summed E-state index contributed by atoms with van der Waals surface area (Å²) in [6.45, 7) is 2.12. The van der Waals surface area contributed by atoms with E-state index in [-0.39, 0.29) is 24.4 Å². The first-order chi connectivity index (χ1) is 13.9. The Hall–Kier alpha value is -1.47. The molecule has 6 heteroatoms. The molecule has 0 radical (unpaired) electrons. The van der Waals surface area contributed by atoms with Gasteiger partial charge in [0, 0.05) is 30.7 Å². The van der Waals surface area contributed by atoms with E-state index < -0.39 is 18.2 Å². The van der Waals surface area contributed by atoms with Crippen molar-refractivity contribution in [2.75, 3.05) is 7.11 Å². The third-order valence-electron chi connectivity index (χ3n) is 5.73. The van der Waals surface area contributed by atoms with E-state index in [1.807, 2.05) is 24.3 Å². The highest BCUT2D eigenvalue weighted by Gasteiger charge is 2.39. The van der Waals surface area contributed by atoms with Gasteiger partial charge in [-0.05, 0) is 62.0 Å². The number of hydrogen-bond donors (Lipinski definition) is 3. The highest BCUT2D eigenvalue weighted by molar-refractivity contribution is 7.10. The second kappa shape index (κ2) is 12.3. The van der Waals surface area contributed by atoms with Gasteiger partial charge >= 0.3 is 5.97 Å². The lowest BCUT2D eigenvalue weighted by Crippen LogP contribution is -2.20. The maximum atomic E-state index is 10.5. The Morgan fingerprint density at radius 3 is 2.79 bits per heavy atom. The standard InChI is InChI=1S/C23H34O5S/c1-16-13-14-29-22(16)12-10-17(28-2)9-11-19-18(20(24)15-21(19)25)7-5-3-4-6-8-23(26)27/h3,5,9,11,13-14,17-21,24-25H,4,6-8,10,12,15H2,1-2H3,(H,26,27)/t17?,18-,19-,20?,21?/m1/s1. The molecular weight excluding hydrogens is 388 g/mol. The number of aliphatic hydroxyl groups is 2. The number of rotatable bonds is 12. The lowest BCUT2D eigenvalue weighted by molar-refractivity contribution is -0.137. The van der Waals surface area contributed by atoms with E-state index in [0.717, 1.165) is 12.8 Å². The number of aryl methyl sites for hydroxylation is 2. The van der Waals surface area contributed by atoms with Gasteiger partial charge in [-0.25, -0.2) is 0 Å². The molecule has 0 aromatic carbocycles. The average Bonchev–Trinajstić information content (AvgIpc) is 3.20. The van der Waals surface area contributed by atoms with Gasteiger partial charge in [-0.2, -0.15) is 0 Å². The smallest absolute Gasteiger partial charge is 0.303 e.